The van der Waals surface area contributed by atoms with Crippen LogP contribution >= 0.6 is 57.8 Å². The monoisotopic (exact) mass is 1150 g/mol. The van der Waals surface area contributed by atoms with Crippen molar-refractivity contribution in [1.29, 1.82) is 0 Å². The first-order chi connectivity index (χ1) is 36.1. The molecule has 0 spiro atoms. The van der Waals surface area contributed by atoms with Crippen LogP contribution in [0.3, 0.4) is 0 Å². The van der Waals surface area contributed by atoms with E-state index in [4.69, 9.17) is 33.9 Å². The summed E-state index contributed by atoms with van der Waals surface area (Å²) in [4.78, 5) is 145. The second kappa shape index (κ2) is 29.8. The number of phenols is 1. The Morgan fingerprint density at radius 1 is 0.895 bits per heavy atom. The Kier molecular flexibility index (Phi) is 24.3. The number of thioether (sulfide) groups is 1. The van der Waals surface area contributed by atoms with Crippen molar-refractivity contribution in [1.82, 2.24) is 10.2 Å². The van der Waals surface area contributed by atoms with Crippen molar-refractivity contribution >= 4 is 138 Å². The number of amides is 1. The van der Waals surface area contributed by atoms with Gasteiger partial charge in [-0.3, -0.25) is 38.4 Å². The van der Waals surface area contributed by atoms with Gasteiger partial charge in [-0.1, -0.05) is 72.0 Å². The zero-order chi connectivity index (χ0) is 55.8. The number of aliphatic imine (C=N–C) groups is 2. The number of carbonyl (C=O) groups excluding carboxylic acids is 9. The standard InChI is InChI=1S/C51H64N4O16S5/c1-26(2)15-41(64)46-53-43(50(68)71-46)42(72)11-10-34(59)17-30(22-56)37(60)20-31-24-75-76-25-32(38(61)18-28(49(66)67)12-14-74-3)21-40(63)35(23-57)52-47(73)44-51(69)70-45(54-44)36-5-4-13-55(36)48(65)29(19-39(31)62)16-27-6-8-33(58)9-7-27/h6-9,26,28-32,35-36,43-44,56-58H,4-5,10-25H2,1-3H3,(H,52,73)(H,66,67). The maximum atomic E-state index is 14.8. The highest BCUT2D eigenvalue weighted by Crippen LogP contribution is 2.34. The van der Waals surface area contributed by atoms with Crippen molar-refractivity contribution in [3.05, 3.63) is 29.8 Å². The molecule has 414 valence electrons. The van der Waals surface area contributed by atoms with Crippen molar-refractivity contribution in [2.24, 2.45) is 45.5 Å². The second-order valence-corrected chi connectivity index (χ2v) is 24.1. The van der Waals surface area contributed by atoms with Crippen molar-refractivity contribution in [2.45, 2.75) is 115 Å². The Balaban J connectivity index is 1.43. The predicted octanol–water partition coefficient (Wildman–Crippen LogP) is 3.72. The minimum atomic E-state index is -1.46. The van der Waals surface area contributed by atoms with E-state index in [1.54, 1.807) is 18.4 Å². The third kappa shape index (κ3) is 17.6. The van der Waals surface area contributed by atoms with Crippen LogP contribution in [0.2, 0.25) is 0 Å². The number of hydrogen-bond acceptors (Lipinski definition) is 22. The highest BCUT2D eigenvalue weighted by Gasteiger charge is 2.44. The third-order valence-electron chi connectivity index (χ3n) is 13.4. The molecule has 1 aromatic carbocycles. The number of Topliss-reactive ketones (excluding diaryl/α,β-unsaturated/α-hetero) is 6. The molecule has 1 amide bonds. The van der Waals surface area contributed by atoms with E-state index in [0.29, 0.717) is 24.2 Å². The number of ketones is 6. The highest BCUT2D eigenvalue weighted by atomic mass is 33.1. The lowest BCUT2D eigenvalue weighted by Gasteiger charge is -2.29. The van der Waals surface area contributed by atoms with E-state index in [9.17, 15) is 68.4 Å². The van der Waals surface area contributed by atoms with E-state index in [0.717, 1.165) is 21.6 Å². The number of aliphatic carboxylic acids is 1. The van der Waals surface area contributed by atoms with Gasteiger partial charge in [0.2, 0.25) is 23.6 Å². The van der Waals surface area contributed by atoms with E-state index in [2.05, 4.69) is 15.3 Å². The first-order valence-electron chi connectivity index (χ1n) is 25.0. The summed E-state index contributed by atoms with van der Waals surface area (Å²) in [6, 6.07) is 1.05. The molecule has 1 aromatic rings. The number of benzene rings is 1. The molecule has 76 heavy (non-hydrogen) atoms. The molecule has 2 bridgehead atoms. The number of nitrogens with zero attached hydrogens (tertiary/aromatic N) is 3. The molecule has 1 saturated heterocycles. The fraction of sp³-hybridized carbons (Fsp3) is 0.608. The van der Waals surface area contributed by atoms with E-state index in [1.165, 1.54) is 28.8 Å². The fourth-order valence-electron chi connectivity index (χ4n) is 9.02. The smallest absolute Gasteiger partial charge is 0.344 e. The van der Waals surface area contributed by atoms with Crippen LogP contribution < -0.4 is 5.32 Å². The molecule has 4 aliphatic heterocycles. The van der Waals surface area contributed by atoms with Crippen LogP contribution in [0.4, 0.5) is 0 Å². The van der Waals surface area contributed by atoms with Gasteiger partial charge in [0, 0.05) is 91.5 Å². The first-order valence-corrected chi connectivity index (χ1v) is 29.7. The van der Waals surface area contributed by atoms with Crippen molar-refractivity contribution in [3.8, 4) is 5.75 Å². The molecule has 9 unspecified atom stereocenters. The maximum Gasteiger partial charge on any atom is 0.344 e. The number of nitrogens with one attached hydrogen (secondary N) is 1. The van der Waals surface area contributed by atoms with Gasteiger partial charge in [0.1, 0.15) is 46.0 Å². The summed E-state index contributed by atoms with van der Waals surface area (Å²) in [5, 5.41) is 43.6. The molecule has 0 aromatic heterocycles. The summed E-state index contributed by atoms with van der Waals surface area (Å²) in [6.07, 6.45) is 0.259. The number of ether oxygens (including phenoxy) is 2. The Morgan fingerprint density at radius 3 is 2.26 bits per heavy atom. The Hall–Kier alpha value is -4.79. The quantitative estimate of drug-likeness (QED) is 0.0592. The van der Waals surface area contributed by atoms with Crippen molar-refractivity contribution < 1.29 is 77.8 Å². The molecular weight excluding hydrogens is 1080 g/mol. The largest absolute Gasteiger partial charge is 0.508 e. The predicted molar refractivity (Wildman–Crippen MR) is 292 cm³/mol. The molecule has 20 nitrogen and oxygen atoms in total. The Bertz CT molecular complexity index is 2470. The molecule has 9 atom stereocenters. The van der Waals surface area contributed by atoms with Gasteiger partial charge in [-0.15, -0.1) is 0 Å². The molecule has 4 aliphatic rings. The number of carboxylic acid groups (broad SMARTS) is 1. The Morgan fingerprint density at radius 2 is 1.61 bits per heavy atom. The van der Waals surface area contributed by atoms with E-state index < -0.39 is 158 Å². The molecule has 0 saturated carbocycles. The molecule has 5 N–H and O–H groups in total. The Labute approximate surface area is 462 Å². The van der Waals surface area contributed by atoms with Crippen LogP contribution in [-0.4, -0.2) is 173 Å². The number of aliphatic hydroxyl groups excluding tert-OH is 2. The number of thiocarbonyl (C=S) groups is 2. The van der Waals surface area contributed by atoms with Gasteiger partial charge in [0.15, 0.2) is 11.8 Å². The van der Waals surface area contributed by atoms with Gasteiger partial charge in [-0.25, -0.2) is 19.6 Å². The molecular formula is C51H64N4O16S5. The van der Waals surface area contributed by atoms with E-state index in [-0.39, 0.29) is 83.5 Å². The number of carbonyl (C=O) groups is 10. The summed E-state index contributed by atoms with van der Waals surface area (Å²) < 4.78 is 10.6. The number of cyclic esters (lactones) is 1. The zero-order valence-electron chi connectivity index (χ0n) is 42.4. The summed E-state index contributed by atoms with van der Waals surface area (Å²) in [5.41, 5.74) is 0.588. The average molecular weight is 1150 g/mol. The van der Waals surface area contributed by atoms with Crippen LogP contribution in [0.5, 0.6) is 5.75 Å². The molecule has 25 heteroatoms. The lowest BCUT2D eigenvalue weighted by molar-refractivity contribution is -0.144. The minimum absolute atomic E-state index is 0.00324. The van der Waals surface area contributed by atoms with Gasteiger partial charge >= 0.3 is 17.9 Å². The number of rotatable bonds is 23. The topological polar surface area (TPSA) is 310 Å². The minimum Gasteiger partial charge on any atom is -0.508 e. The average Bonchev–Trinajstić information content (AvgIpc) is 4.13. The summed E-state index contributed by atoms with van der Waals surface area (Å²) in [7, 11) is 2.17. The van der Waals surface area contributed by atoms with Gasteiger partial charge in [-0.2, -0.15) is 11.8 Å². The van der Waals surface area contributed by atoms with Crippen LogP contribution in [0.1, 0.15) is 90.0 Å². The normalized spacial score (nSPS) is 24.7. The first kappa shape index (κ1) is 62.1. The highest BCUT2D eigenvalue weighted by molar-refractivity contribution is 8.76. The number of esters is 2. The second-order valence-electron chi connectivity index (χ2n) is 19.6. The lowest BCUT2D eigenvalue weighted by Crippen LogP contribution is -2.48. The van der Waals surface area contributed by atoms with Crippen molar-refractivity contribution in [3.63, 3.8) is 0 Å². The van der Waals surface area contributed by atoms with Gasteiger partial charge in [0.05, 0.1) is 19.1 Å². The molecule has 1 fully saturated rings. The summed E-state index contributed by atoms with van der Waals surface area (Å²) >= 11 is 12.3. The van der Waals surface area contributed by atoms with E-state index >= 15 is 0 Å². The summed E-state index contributed by atoms with van der Waals surface area (Å²) in [5.74, 6) is -12.7. The molecule has 4 heterocycles. The number of fused-ring (bicyclic) bond motifs is 3. The number of carboxylic acids is 1. The maximum absolute atomic E-state index is 14.8. The number of phenolic OH excluding ortho intramolecular Hbond substituents is 1. The van der Waals surface area contributed by atoms with Crippen LogP contribution in [0.15, 0.2) is 34.3 Å². The zero-order valence-corrected chi connectivity index (χ0v) is 46.5. The fourth-order valence-corrected chi connectivity index (χ4v) is 12.8. The van der Waals surface area contributed by atoms with Crippen LogP contribution in [0, 0.1) is 35.5 Å². The number of aromatic hydroxyl groups is 1. The molecule has 0 radical (unpaired) electrons. The number of hydrogen-bond donors (Lipinski definition) is 5. The van der Waals surface area contributed by atoms with Gasteiger partial charge in [0.25, 0.3) is 5.90 Å². The molecule has 5 rings (SSSR count). The SMILES string of the molecule is CSCCC(CC(=O)C1CSSCC(CC(=O)C(CO)CC(=O)CCC(=S)C2N=C(C(=O)CC(C)C)OC2=O)C(=O)CC(Cc2ccc(O)cc2)C(=O)N2CCCC2C2=NC(C(=O)O2)C(=S)NC(CO)C(=O)C1)C(=O)O. The van der Waals surface area contributed by atoms with E-state index in [1.807, 2.05) is 13.8 Å². The van der Waals surface area contributed by atoms with Crippen LogP contribution in [-0.2, 0) is 63.8 Å². The van der Waals surface area contributed by atoms with Crippen LogP contribution in [0.25, 0.3) is 0 Å². The summed E-state index contributed by atoms with van der Waals surface area (Å²) in [6.45, 7) is 2.25. The van der Waals surface area contributed by atoms with Gasteiger partial charge in [-0.05, 0) is 67.7 Å². The number of aliphatic hydroxyl groups is 2. The third-order valence-corrected chi connectivity index (χ3v) is 17.3. The van der Waals surface area contributed by atoms with Crippen molar-refractivity contribution in [2.75, 3.05) is 43.3 Å². The molecule has 0 aliphatic carbocycles. The lowest BCUT2D eigenvalue weighted by atomic mass is 9.85. The van der Waals surface area contributed by atoms with Gasteiger partial charge < -0.3 is 40.1 Å².